The summed E-state index contributed by atoms with van der Waals surface area (Å²) < 4.78 is 0. The summed E-state index contributed by atoms with van der Waals surface area (Å²) in [6.07, 6.45) is 0.736. The van der Waals surface area contributed by atoms with Crippen LogP contribution in [0.15, 0.2) is 0 Å². The number of carbonyl (C=O) groups is 1. The van der Waals surface area contributed by atoms with E-state index in [0.29, 0.717) is 23.7 Å². The molecule has 2 N–H and O–H groups in total. The van der Waals surface area contributed by atoms with Gasteiger partial charge in [0.25, 0.3) is 0 Å². The molecule has 1 amide bonds. The van der Waals surface area contributed by atoms with Gasteiger partial charge >= 0.3 is 0 Å². The van der Waals surface area contributed by atoms with Crippen molar-refractivity contribution >= 4 is 34.0 Å². The molecule has 1 aromatic rings. The number of carbonyl (C=O) groups excluding carboxylic acids is 1. The molecular weight excluding hydrogens is 316 g/mol. The first-order valence-electron chi connectivity index (χ1n) is 7.52. The highest BCUT2D eigenvalue weighted by Crippen LogP contribution is 2.34. The Morgan fingerprint density at radius 1 is 1.36 bits per heavy atom. The van der Waals surface area contributed by atoms with Crippen LogP contribution in [0.5, 0.6) is 0 Å². The van der Waals surface area contributed by atoms with Gasteiger partial charge < -0.3 is 10.6 Å². The van der Waals surface area contributed by atoms with Crippen LogP contribution in [0.2, 0.25) is 0 Å². The van der Waals surface area contributed by atoms with E-state index in [1.807, 2.05) is 23.6 Å². The van der Waals surface area contributed by atoms with Gasteiger partial charge in [-0.15, -0.1) is 11.3 Å². The lowest BCUT2D eigenvalue weighted by atomic mass is 10.0. The van der Waals surface area contributed by atoms with Crippen molar-refractivity contribution in [2.45, 2.75) is 25.9 Å². The third-order valence-electron chi connectivity index (χ3n) is 4.46. The number of thiophene rings is 1. The highest BCUT2D eigenvalue weighted by Gasteiger charge is 2.31. The highest BCUT2D eigenvalue weighted by atomic mass is 32.2. The van der Waals surface area contributed by atoms with Crippen molar-refractivity contribution in [3.8, 4) is 6.07 Å². The van der Waals surface area contributed by atoms with Gasteiger partial charge in [-0.2, -0.15) is 17.0 Å². The molecule has 0 aliphatic carbocycles. The van der Waals surface area contributed by atoms with Gasteiger partial charge in [-0.3, -0.25) is 9.69 Å². The lowest BCUT2D eigenvalue weighted by Crippen LogP contribution is -2.50. The molecule has 1 saturated heterocycles. The standard InChI is InChI=1S/C15H20N4OS2/c1-10(18-4-6-21-7-5-18)15(20)19-3-2-11-12(8-16)14(17)22-13(11)9-19/h10H,2-7,9,17H2,1H3/t10-/m1/s1. The average molecular weight is 336 g/mol. The van der Waals surface area contributed by atoms with E-state index >= 15 is 0 Å². The molecule has 0 spiro atoms. The predicted molar refractivity (Wildman–Crippen MR) is 90.9 cm³/mol. The molecule has 0 unspecified atom stereocenters. The van der Waals surface area contributed by atoms with Crippen molar-refractivity contribution in [1.82, 2.24) is 9.80 Å². The van der Waals surface area contributed by atoms with E-state index in [-0.39, 0.29) is 11.9 Å². The van der Waals surface area contributed by atoms with Crippen LogP contribution in [0, 0.1) is 11.3 Å². The largest absolute Gasteiger partial charge is 0.389 e. The number of hydrogen-bond donors (Lipinski definition) is 1. The molecule has 3 heterocycles. The topological polar surface area (TPSA) is 73.4 Å². The first kappa shape index (κ1) is 15.7. The molecule has 7 heteroatoms. The predicted octanol–water partition coefficient (Wildman–Crippen LogP) is 1.52. The maximum Gasteiger partial charge on any atom is 0.239 e. The molecular formula is C15H20N4OS2. The lowest BCUT2D eigenvalue weighted by molar-refractivity contribution is -0.137. The number of hydrogen-bond acceptors (Lipinski definition) is 6. The molecule has 2 aliphatic heterocycles. The number of amides is 1. The summed E-state index contributed by atoms with van der Waals surface area (Å²) in [6, 6.07) is 2.13. The van der Waals surface area contributed by atoms with Crippen LogP contribution < -0.4 is 5.73 Å². The summed E-state index contributed by atoms with van der Waals surface area (Å²) in [7, 11) is 0. The fourth-order valence-corrected chi connectivity index (χ4v) is 5.14. The van der Waals surface area contributed by atoms with Crippen LogP contribution in [-0.4, -0.2) is 52.9 Å². The van der Waals surface area contributed by atoms with Gasteiger partial charge in [-0.1, -0.05) is 0 Å². The fraction of sp³-hybridized carbons (Fsp3) is 0.600. The maximum absolute atomic E-state index is 12.8. The first-order chi connectivity index (χ1) is 10.6. The Labute approximate surface area is 139 Å². The minimum atomic E-state index is -0.0600. The van der Waals surface area contributed by atoms with Gasteiger partial charge in [0.15, 0.2) is 0 Å². The van der Waals surface area contributed by atoms with E-state index in [1.165, 1.54) is 11.3 Å². The van der Waals surface area contributed by atoms with E-state index in [1.54, 1.807) is 0 Å². The van der Waals surface area contributed by atoms with Crippen molar-refractivity contribution in [2.75, 3.05) is 36.9 Å². The first-order valence-corrected chi connectivity index (χ1v) is 9.49. The monoisotopic (exact) mass is 336 g/mol. The highest BCUT2D eigenvalue weighted by molar-refractivity contribution is 7.99. The zero-order valence-electron chi connectivity index (χ0n) is 12.7. The smallest absolute Gasteiger partial charge is 0.239 e. The Hall–Kier alpha value is -1.23. The zero-order valence-corrected chi connectivity index (χ0v) is 14.3. The van der Waals surface area contributed by atoms with Crippen molar-refractivity contribution in [3.63, 3.8) is 0 Å². The fourth-order valence-electron chi connectivity index (χ4n) is 3.12. The Morgan fingerprint density at radius 2 is 2.09 bits per heavy atom. The third-order valence-corrected chi connectivity index (χ3v) is 6.45. The number of nitrogens with zero attached hydrogens (tertiary/aromatic N) is 3. The van der Waals surface area contributed by atoms with Crippen LogP contribution in [0.1, 0.15) is 22.9 Å². The molecule has 0 saturated carbocycles. The number of anilines is 1. The quantitative estimate of drug-likeness (QED) is 0.886. The molecule has 0 radical (unpaired) electrons. The van der Waals surface area contributed by atoms with Gasteiger partial charge in [0.1, 0.15) is 11.1 Å². The molecule has 1 atom stereocenters. The number of fused-ring (bicyclic) bond motifs is 1. The summed E-state index contributed by atoms with van der Waals surface area (Å²) in [5.41, 5.74) is 7.58. The van der Waals surface area contributed by atoms with Crippen molar-refractivity contribution in [3.05, 3.63) is 16.0 Å². The number of nitriles is 1. The van der Waals surface area contributed by atoms with Crippen LogP contribution in [0.3, 0.4) is 0 Å². The van der Waals surface area contributed by atoms with Crippen LogP contribution in [-0.2, 0) is 17.8 Å². The summed E-state index contributed by atoms with van der Waals surface area (Å²) in [6.45, 7) is 5.26. The second-order valence-corrected chi connectivity index (χ2v) is 8.05. The van der Waals surface area contributed by atoms with E-state index in [0.717, 1.165) is 41.5 Å². The molecule has 0 aromatic carbocycles. The minimum Gasteiger partial charge on any atom is -0.389 e. The zero-order chi connectivity index (χ0) is 15.7. The molecule has 0 bridgehead atoms. The molecule has 22 heavy (non-hydrogen) atoms. The van der Waals surface area contributed by atoms with E-state index in [9.17, 15) is 10.1 Å². The Kier molecular flexibility index (Phi) is 4.62. The Morgan fingerprint density at radius 3 is 2.77 bits per heavy atom. The van der Waals surface area contributed by atoms with Crippen molar-refractivity contribution < 1.29 is 4.79 Å². The van der Waals surface area contributed by atoms with E-state index in [2.05, 4.69) is 11.0 Å². The second-order valence-electron chi connectivity index (χ2n) is 5.69. The van der Waals surface area contributed by atoms with Gasteiger partial charge in [0.05, 0.1) is 18.2 Å². The van der Waals surface area contributed by atoms with Gasteiger partial charge in [-0.25, -0.2) is 0 Å². The van der Waals surface area contributed by atoms with Crippen LogP contribution in [0.4, 0.5) is 5.00 Å². The SMILES string of the molecule is C[C@H](C(=O)N1CCc2c(sc(N)c2C#N)C1)N1CCSCC1. The van der Waals surface area contributed by atoms with Crippen LogP contribution >= 0.6 is 23.1 Å². The van der Waals surface area contributed by atoms with Gasteiger partial charge in [0, 0.05) is 36.0 Å². The number of nitrogen functional groups attached to an aromatic ring is 1. The second kappa shape index (κ2) is 6.49. The molecule has 118 valence electrons. The molecule has 5 nitrogen and oxygen atoms in total. The molecule has 2 aliphatic rings. The summed E-state index contributed by atoms with van der Waals surface area (Å²) in [5, 5.41) is 9.77. The Bertz CT molecular complexity index is 616. The molecule has 1 aromatic heterocycles. The van der Waals surface area contributed by atoms with Crippen LogP contribution in [0.25, 0.3) is 0 Å². The van der Waals surface area contributed by atoms with Gasteiger partial charge in [0.2, 0.25) is 5.91 Å². The maximum atomic E-state index is 12.8. The normalized spacial score (nSPS) is 20.3. The van der Waals surface area contributed by atoms with Crippen molar-refractivity contribution in [1.29, 1.82) is 5.26 Å². The van der Waals surface area contributed by atoms with E-state index < -0.39 is 0 Å². The van der Waals surface area contributed by atoms with Crippen molar-refractivity contribution in [2.24, 2.45) is 0 Å². The summed E-state index contributed by atoms with van der Waals surface area (Å²) >= 11 is 3.41. The van der Waals surface area contributed by atoms with E-state index in [4.69, 9.17) is 5.73 Å². The molecule has 3 rings (SSSR count). The number of rotatable bonds is 2. The number of nitrogens with two attached hydrogens (primary N) is 1. The van der Waals surface area contributed by atoms with Gasteiger partial charge in [-0.05, 0) is 18.9 Å². The average Bonchev–Trinajstić information content (AvgIpc) is 2.88. The Balaban J connectivity index is 1.71. The third kappa shape index (κ3) is 2.83. The number of thioether (sulfide) groups is 1. The molecule has 1 fully saturated rings. The lowest BCUT2D eigenvalue weighted by Gasteiger charge is -2.36. The summed E-state index contributed by atoms with van der Waals surface area (Å²) in [5.74, 6) is 2.41. The summed E-state index contributed by atoms with van der Waals surface area (Å²) in [4.78, 5) is 18.0. The minimum absolute atomic E-state index is 0.0600.